The number of rotatable bonds is 7. The first-order chi connectivity index (χ1) is 25.2. The number of fused-ring (bicyclic) bond motifs is 4. The number of aromatic nitrogens is 2. The van der Waals surface area contributed by atoms with Crippen LogP contribution in [0.15, 0.2) is 155 Å². The number of carbonyl (C=O) groups is 2. The molecule has 0 spiro atoms. The van der Waals surface area contributed by atoms with Crippen LogP contribution in [0.4, 0.5) is 17.1 Å². The molecule has 0 saturated carbocycles. The largest absolute Gasteiger partial charge is 0.340 e. The molecule has 0 unspecified atom stereocenters. The maximum atomic E-state index is 14.2. The van der Waals surface area contributed by atoms with E-state index in [0.717, 1.165) is 22.3 Å². The van der Waals surface area contributed by atoms with Gasteiger partial charge in [-0.05, 0) is 95.1 Å². The Morgan fingerprint density at radius 2 is 1.25 bits per heavy atom. The molecule has 1 aliphatic carbocycles. The summed E-state index contributed by atoms with van der Waals surface area (Å²) in [7, 11) is 1.73. The molecule has 0 N–H and O–H groups in total. The van der Waals surface area contributed by atoms with E-state index in [1.54, 1.807) is 59.0 Å². The number of hydrogen-bond acceptors (Lipinski definition) is 4. The van der Waals surface area contributed by atoms with E-state index in [4.69, 9.17) is 0 Å². The molecule has 52 heavy (non-hydrogen) atoms. The van der Waals surface area contributed by atoms with E-state index < -0.39 is 11.1 Å². The normalized spacial score (nSPS) is 12.6. The zero-order valence-electron chi connectivity index (χ0n) is 28.9. The molecule has 1 aromatic heterocycles. The van der Waals surface area contributed by atoms with Crippen molar-refractivity contribution >= 4 is 40.3 Å². The van der Waals surface area contributed by atoms with Crippen LogP contribution in [0, 0.1) is 0 Å². The van der Waals surface area contributed by atoms with Crippen molar-refractivity contribution in [2.24, 2.45) is 0 Å². The second-order valence-corrected chi connectivity index (χ2v) is 13.4. The molecule has 8 rings (SSSR count). The number of nitrogens with zero attached hydrogens (tertiary/aromatic N) is 4. The molecule has 0 bridgehead atoms. The van der Waals surface area contributed by atoms with Crippen molar-refractivity contribution in [2.45, 2.75) is 19.3 Å². The predicted octanol–water partition coefficient (Wildman–Crippen LogP) is 8.02. The fraction of sp³-hybridized carbons (Fsp3) is 0.0909. The minimum Gasteiger partial charge on any atom is -0.311 e. The van der Waals surface area contributed by atoms with Gasteiger partial charge < -0.3 is 4.90 Å². The molecule has 0 fully saturated rings. The van der Waals surface area contributed by atoms with Gasteiger partial charge in [-0.2, -0.15) is 0 Å². The van der Waals surface area contributed by atoms with Gasteiger partial charge in [-0.15, -0.1) is 0 Å². The van der Waals surface area contributed by atoms with E-state index in [1.807, 2.05) is 103 Å². The molecule has 254 valence electrons. The van der Waals surface area contributed by atoms with E-state index in [1.165, 1.54) is 9.47 Å². The van der Waals surface area contributed by atoms with E-state index in [9.17, 15) is 19.2 Å². The summed E-state index contributed by atoms with van der Waals surface area (Å²) < 4.78 is 2.83. The quantitative estimate of drug-likeness (QED) is 0.160. The average molecular weight is 683 g/mol. The summed E-state index contributed by atoms with van der Waals surface area (Å²) in [5, 5.41) is 0.438. The van der Waals surface area contributed by atoms with Crippen molar-refractivity contribution < 1.29 is 9.59 Å². The number of hydrogen-bond donors (Lipinski definition) is 0. The molecule has 1 heterocycles. The van der Waals surface area contributed by atoms with E-state index >= 15 is 0 Å². The molecule has 0 saturated heterocycles. The Balaban J connectivity index is 1.18. The van der Waals surface area contributed by atoms with Crippen molar-refractivity contribution in [2.75, 3.05) is 16.8 Å². The van der Waals surface area contributed by atoms with Crippen LogP contribution in [-0.4, -0.2) is 28.5 Å². The second kappa shape index (κ2) is 12.5. The molecule has 0 aliphatic heterocycles. The van der Waals surface area contributed by atoms with Gasteiger partial charge in [-0.1, -0.05) is 86.6 Å². The first kappa shape index (κ1) is 32.4. The monoisotopic (exact) mass is 682 g/mol. The lowest BCUT2D eigenvalue weighted by atomic mass is 9.82. The van der Waals surface area contributed by atoms with Gasteiger partial charge in [0.1, 0.15) is 0 Å². The number of carbonyl (C=O) groups excluding carboxylic acids is 2. The van der Waals surface area contributed by atoms with Gasteiger partial charge in [0.15, 0.2) is 0 Å². The lowest BCUT2D eigenvalue weighted by Gasteiger charge is -2.26. The molecular formula is C44H34N4O4. The van der Waals surface area contributed by atoms with Crippen LogP contribution in [0.3, 0.4) is 0 Å². The third kappa shape index (κ3) is 5.07. The maximum absolute atomic E-state index is 14.2. The molecule has 1 aliphatic rings. The molecule has 8 nitrogen and oxygen atoms in total. The van der Waals surface area contributed by atoms with Crippen LogP contribution in [0.5, 0.6) is 0 Å². The minimum absolute atomic E-state index is 0.265. The van der Waals surface area contributed by atoms with Gasteiger partial charge in [0, 0.05) is 23.8 Å². The molecule has 6 aromatic carbocycles. The summed E-state index contributed by atoms with van der Waals surface area (Å²) in [6.07, 6.45) is 0.716. The minimum atomic E-state index is -0.529. The number of amides is 2. The lowest BCUT2D eigenvalue weighted by Crippen LogP contribution is -2.38. The van der Waals surface area contributed by atoms with Gasteiger partial charge in [0.25, 0.3) is 11.5 Å². The summed E-state index contributed by atoms with van der Waals surface area (Å²) in [6.45, 7) is 4.21. The number of para-hydroxylation sites is 4. The molecular weight excluding hydrogens is 649 g/mol. The van der Waals surface area contributed by atoms with Crippen LogP contribution in [0.2, 0.25) is 0 Å². The van der Waals surface area contributed by atoms with Gasteiger partial charge >= 0.3 is 5.69 Å². The summed E-state index contributed by atoms with van der Waals surface area (Å²) >= 11 is 0. The summed E-state index contributed by atoms with van der Waals surface area (Å²) in [4.78, 5) is 57.6. The molecule has 8 heteroatoms. The third-order valence-electron chi connectivity index (χ3n) is 10.1. The van der Waals surface area contributed by atoms with Crippen LogP contribution in [-0.2, 0) is 10.2 Å². The molecule has 0 radical (unpaired) electrons. The highest BCUT2D eigenvalue weighted by atomic mass is 16.2. The predicted molar refractivity (Wildman–Crippen MR) is 207 cm³/mol. The topological polar surface area (TPSA) is 84.6 Å². The van der Waals surface area contributed by atoms with E-state index in [2.05, 4.69) is 13.8 Å². The highest BCUT2D eigenvalue weighted by Crippen LogP contribution is 2.50. The Labute approximate surface area is 300 Å². The lowest BCUT2D eigenvalue weighted by molar-refractivity contribution is -0.106. The van der Waals surface area contributed by atoms with Crippen molar-refractivity contribution in [1.29, 1.82) is 0 Å². The SMILES string of the molecule is CN(C(=O)c1ccccc1N(C=O)c1ccccc1)c1ccc2c(c1)C(C)(C)c1cc(-n3c(=O)c4ccccc4n(-c4ccccc4)c3=O)ccc1-2. The van der Waals surface area contributed by atoms with Crippen molar-refractivity contribution in [3.63, 3.8) is 0 Å². The van der Waals surface area contributed by atoms with Crippen molar-refractivity contribution in [1.82, 2.24) is 9.13 Å². The number of benzene rings is 6. The second-order valence-electron chi connectivity index (χ2n) is 13.4. The number of anilines is 3. The highest BCUT2D eigenvalue weighted by molar-refractivity contribution is 6.11. The van der Waals surface area contributed by atoms with Crippen LogP contribution in [0.25, 0.3) is 33.4 Å². The first-order valence-electron chi connectivity index (χ1n) is 17.0. The summed E-state index contributed by atoms with van der Waals surface area (Å²) in [5.74, 6) is -0.265. The van der Waals surface area contributed by atoms with Gasteiger partial charge in [-0.3, -0.25) is 23.9 Å². The molecule has 2 amide bonds. The van der Waals surface area contributed by atoms with Gasteiger partial charge in [0.2, 0.25) is 6.41 Å². The van der Waals surface area contributed by atoms with Crippen molar-refractivity contribution in [3.8, 4) is 22.5 Å². The van der Waals surface area contributed by atoms with Crippen LogP contribution < -0.4 is 21.0 Å². The standard InChI is InChI=1S/C44H34N4O4/c1-44(2)37-26-31(45(3)41(50)35-18-10-12-20-39(35)46(28-49)29-14-6-4-7-15-29)22-24-33(37)34-25-23-32(27-38(34)44)48-42(51)36-19-11-13-21-40(36)47(43(48)52)30-16-8-5-9-17-30/h4-28H,1-3H3. The van der Waals surface area contributed by atoms with E-state index in [0.29, 0.717) is 51.3 Å². The fourth-order valence-corrected chi connectivity index (χ4v) is 7.38. The Morgan fingerprint density at radius 1 is 0.635 bits per heavy atom. The Hall–Kier alpha value is -6.80. The first-order valence-corrected chi connectivity index (χ1v) is 17.0. The Kier molecular flexibility index (Phi) is 7.80. The molecule has 7 aromatic rings. The summed E-state index contributed by atoms with van der Waals surface area (Å²) in [5.41, 5.74) is 6.52. The zero-order valence-corrected chi connectivity index (χ0v) is 28.9. The maximum Gasteiger partial charge on any atom is 0.340 e. The van der Waals surface area contributed by atoms with Crippen molar-refractivity contribution in [3.05, 3.63) is 183 Å². The van der Waals surface area contributed by atoms with Crippen LogP contribution in [0.1, 0.15) is 35.3 Å². The average Bonchev–Trinajstić information content (AvgIpc) is 3.40. The Morgan fingerprint density at radius 3 is 1.98 bits per heavy atom. The Bertz CT molecular complexity index is 2660. The fourth-order valence-electron chi connectivity index (χ4n) is 7.38. The smallest absolute Gasteiger partial charge is 0.311 e. The van der Waals surface area contributed by atoms with Gasteiger partial charge in [-0.25, -0.2) is 9.36 Å². The van der Waals surface area contributed by atoms with E-state index in [-0.39, 0.29) is 11.5 Å². The van der Waals surface area contributed by atoms with Crippen LogP contribution >= 0.6 is 0 Å². The molecule has 0 atom stereocenters. The highest BCUT2D eigenvalue weighted by Gasteiger charge is 2.37. The summed E-state index contributed by atoms with van der Waals surface area (Å²) in [6, 6.07) is 44.4. The third-order valence-corrected chi connectivity index (χ3v) is 10.1. The van der Waals surface area contributed by atoms with Gasteiger partial charge in [0.05, 0.1) is 33.5 Å². The zero-order chi connectivity index (χ0) is 36.1.